The van der Waals surface area contributed by atoms with Gasteiger partial charge in [-0.2, -0.15) is 0 Å². The van der Waals surface area contributed by atoms with Crippen molar-refractivity contribution in [3.05, 3.63) is 29.6 Å². The molecule has 2 heterocycles. The molecule has 0 saturated carbocycles. The average Bonchev–Trinajstić information content (AvgIpc) is 2.55. The summed E-state index contributed by atoms with van der Waals surface area (Å²) in [6, 6.07) is 3.65. The summed E-state index contributed by atoms with van der Waals surface area (Å²) in [7, 11) is 1.68. The molecule has 0 aromatic carbocycles. The normalized spacial score (nSPS) is 12.5. The van der Waals surface area contributed by atoms with Gasteiger partial charge in [0, 0.05) is 16.9 Å². The van der Waals surface area contributed by atoms with Crippen molar-refractivity contribution in [2.75, 3.05) is 0 Å². The van der Waals surface area contributed by atoms with Gasteiger partial charge in [0.05, 0.1) is 5.69 Å². The maximum Gasteiger partial charge on any atom is 0.279 e. The number of hydrogen-bond donors (Lipinski definition) is 0. The lowest BCUT2D eigenvalue weighted by atomic mass is 10.2. The minimum atomic E-state index is -3.80. The first-order valence-corrected chi connectivity index (χ1v) is 7.55. The van der Waals surface area contributed by atoms with Crippen LogP contribution >= 0.6 is 10.7 Å². The summed E-state index contributed by atoms with van der Waals surface area (Å²) in [5, 5.41) is 0.0733. The minimum Gasteiger partial charge on any atom is -0.289 e. The summed E-state index contributed by atoms with van der Waals surface area (Å²) in [4.78, 5) is 4.34. The summed E-state index contributed by atoms with van der Waals surface area (Å²) in [6.07, 6.45) is 1.68. The lowest BCUT2D eigenvalue weighted by Crippen LogP contribution is -2.02. The Labute approximate surface area is 105 Å². The van der Waals surface area contributed by atoms with Gasteiger partial charge < -0.3 is 0 Å². The Morgan fingerprint density at radius 2 is 2.06 bits per heavy atom. The van der Waals surface area contributed by atoms with E-state index >= 15 is 0 Å². The highest BCUT2D eigenvalue weighted by atomic mass is 35.7. The van der Waals surface area contributed by atoms with E-state index in [0.717, 1.165) is 5.56 Å². The maximum atomic E-state index is 11.6. The molecule has 2 aromatic rings. The van der Waals surface area contributed by atoms with E-state index < -0.39 is 9.05 Å². The molecular formula is C11H13ClN2O2S. The molecule has 0 atom stereocenters. The van der Waals surface area contributed by atoms with E-state index in [2.05, 4.69) is 4.98 Å². The van der Waals surface area contributed by atoms with Crippen molar-refractivity contribution in [3.63, 3.8) is 0 Å². The second kappa shape index (κ2) is 3.99. The summed E-state index contributed by atoms with van der Waals surface area (Å²) in [5.74, 6) is -0.00117. The Hall–Kier alpha value is -1.07. The van der Waals surface area contributed by atoms with Crippen molar-refractivity contribution >= 4 is 25.4 Å². The van der Waals surface area contributed by atoms with Gasteiger partial charge in [-0.15, -0.1) is 0 Å². The third kappa shape index (κ3) is 2.17. The maximum absolute atomic E-state index is 11.6. The van der Waals surface area contributed by atoms with Crippen LogP contribution in [0.2, 0.25) is 0 Å². The summed E-state index contributed by atoms with van der Waals surface area (Å²) in [5.41, 5.74) is 2.13. The highest BCUT2D eigenvalue weighted by molar-refractivity contribution is 8.13. The Kier molecular flexibility index (Phi) is 2.91. The molecule has 0 bridgehead atoms. The first kappa shape index (κ1) is 12.4. The minimum absolute atomic E-state index is 0.00117. The van der Waals surface area contributed by atoms with Gasteiger partial charge in [-0.25, -0.2) is 13.4 Å². The molecule has 0 radical (unpaired) electrons. The third-order valence-electron chi connectivity index (χ3n) is 2.54. The van der Waals surface area contributed by atoms with Crippen molar-refractivity contribution in [2.24, 2.45) is 0 Å². The monoisotopic (exact) mass is 272 g/mol. The van der Waals surface area contributed by atoms with Crippen molar-refractivity contribution in [3.8, 4) is 0 Å². The van der Waals surface area contributed by atoms with E-state index in [0.29, 0.717) is 11.3 Å². The van der Waals surface area contributed by atoms with Gasteiger partial charge in [-0.05, 0) is 30.5 Å². The van der Waals surface area contributed by atoms with Crippen LogP contribution in [-0.4, -0.2) is 17.8 Å². The van der Waals surface area contributed by atoms with Crippen LogP contribution in [0.4, 0.5) is 0 Å². The highest BCUT2D eigenvalue weighted by Crippen LogP contribution is 2.27. The average molecular weight is 273 g/mol. The lowest BCUT2D eigenvalue weighted by molar-refractivity contribution is 0.601. The van der Waals surface area contributed by atoms with Gasteiger partial charge >= 0.3 is 0 Å². The number of rotatable bonds is 2. The molecule has 2 aromatic heterocycles. The summed E-state index contributed by atoms with van der Waals surface area (Å²) < 4.78 is 24.8. The topological polar surface area (TPSA) is 51.4 Å². The summed E-state index contributed by atoms with van der Waals surface area (Å²) in [6.45, 7) is 5.71. The molecule has 0 saturated heterocycles. The van der Waals surface area contributed by atoms with Crippen molar-refractivity contribution < 1.29 is 8.42 Å². The van der Waals surface area contributed by atoms with Crippen molar-refractivity contribution in [1.29, 1.82) is 0 Å². The number of nitrogens with zero attached hydrogens (tertiary/aromatic N) is 2. The molecule has 4 nitrogen and oxygen atoms in total. The standard InChI is InChI=1S/C11H13ClN2O2S/c1-7(2)10-11(17(12,15)16)14-5-4-8(3)6-9(14)13-10/h4-7H,1-3H3. The molecule has 0 spiro atoms. The van der Waals surface area contributed by atoms with Crippen LogP contribution in [0.5, 0.6) is 0 Å². The van der Waals surface area contributed by atoms with E-state index in [4.69, 9.17) is 10.7 Å². The number of halogens is 1. The molecular weight excluding hydrogens is 260 g/mol. The van der Waals surface area contributed by atoms with E-state index in [1.165, 1.54) is 4.40 Å². The van der Waals surface area contributed by atoms with Gasteiger partial charge in [0.2, 0.25) is 0 Å². The Morgan fingerprint density at radius 1 is 1.41 bits per heavy atom. The molecule has 0 aliphatic heterocycles. The van der Waals surface area contributed by atoms with Gasteiger partial charge in [0.25, 0.3) is 9.05 Å². The smallest absolute Gasteiger partial charge is 0.279 e. The van der Waals surface area contributed by atoms with E-state index in [1.807, 2.05) is 32.9 Å². The Balaban J connectivity index is 2.91. The second-order valence-corrected chi connectivity index (χ2v) is 6.81. The number of aryl methyl sites for hydroxylation is 1. The number of hydrogen-bond acceptors (Lipinski definition) is 3. The zero-order chi connectivity index (χ0) is 12.8. The zero-order valence-electron chi connectivity index (χ0n) is 9.81. The molecule has 92 valence electrons. The van der Waals surface area contributed by atoms with Crippen LogP contribution < -0.4 is 0 Å². The molecule has 0 fully saturated rings. The van der Waals surface area contributed by atoms with E-state index in [1.54, 1.807) is 6.20 Å². The first-order chi connectivity index (χ1) is 7.80. The van der Waals surface area contributed by atoms with E-state index in [9.17, 15) is 8.42 Å². The second-order valence-electron chi connectivity index (χ2n) is 4.33. The molecule has 0 N–H and O–H groups in total. The van der Waals surface area contributed by atoms with Gasteiger partial charge in [-0.1, -0.05) is 13.8 Å². The molecule has 2 rings (SSSR count). The number of pyridine rings is 1. The predicted octanol–water partition coefficient (Wildman–Crippen LogP) is 2.69. The van der Waals surface area contributed by atoms with Crippen molar-refractivity contribution in [1.82, 2.24) is 9.38 Å². The predicted molar refractivity (Wildman–Crippen MR) is 67.1 cm³/mol. The largest absolute Gasteiger partial charge is 0.289 e. The Morgan fingerprint density at radius 3 is 2.59 bits per heavy atom. The molecule has 0 amide bonds. The number of imidazole rings is 1. The molecule has 17 heavy (non-hydrogen) atoms. The fourth-order valence-electron chi connectivity index (χ4n) is 1.76. The molecule has 6 heteroatoms. The molecule has 0 aliphatic carbocycles. The van der Waals surface area contributed by atoms with Crippen LogP contribution in [0.1, 0.15) is 31.0 Å². The molecule has 0 unspecified atom stereocenters. The number of aromatic nitrogens is 2. The quantitative estimate of drug-likeness (QED) is 0.790. The van der Waals surface area contributed by atoms with Gasteiger partial charge in [-0.3, -0.25) is 4.40 Å². The Bertz CT molecular complexity index is 674. The number of fused-ring (bicyclic) bond motifs is 1. The highest BCUT2D eigenvalue weighted by Gasteiger charge is 2.24. The lowest BCUT2D eigenvalue weighted by Gasteiger charge is -2.03. The zero-order valence-corrected chi connectivity index (χ0v) is 11.4. The van der Waals surface area contributed by atoms with Gasteiger partial charge in [0.1, 0.15) is 5.65 Å². The summed E-state index contributed by atoms with van der Waals surface area (Å²) >= 11 is 0. The first-order valence-electron chi connectivity index (χ1n) is 5.24. The van der Waals surface area contributed by atoms with Crippen LogP contribution in [0.3, 0.4) is 0 Å². The van der Waals surface area contributed by atoms with Crippen LogP contribution in [0.15, 0.2) is 23.4 Å². The van der Waals surface area contributed by atoms with Crippen LogP contribution in [0, 0.1) is 6.92 Å². The molecule has 0 aliphatic rings. The fourth-order valence-corrected chi connectivity index (χ4v) is 3.14. The van der Waals surface area contributed by atoms with Crippen molar-refractivity contribution in [2.45, 2.75) is 31.7 Å². The third-order valence-corrected chi connectivity index (χ3v) is 3.85. The fraction of sp³-hybridized carbons (Fsp3) is 0.364. The van der Waals surface area contributed by atoms with Crippen LogP contribution in [0.25, 0.3) is 5.65 Å². The SMILES string of the molecule is Cc1ccn2c(S(=O)(=O)Cl)c(C(C)C)nc2c1. The van der Waals surface area contributed by atoms with Crippen LogP contribution in [-0.2, 0) is 9.05 Å². The van der Waals surface area contributed by atoms with E-state index in [-0.39, 0.29) is 10.9 Å². The van der Waals surface area contributed by atoms with Gasteiger partial charge in [0.15, 0.2) is 5.03 Å².